The van der Waals surface area contributed by atoms with E-state index in [0.29, 0.717) is 0 Å². The number of fused-ring (bicyclic) bond motifs is 14. The van der Waals surface area contributed by atoms with Gasteiger partial charge >= 0.3 is 0 Å². The zero-order valence-corrected chi connectivity index (χ0v) is 34.0. The summed E-state index contributed by atoms with van der Waals surface area (Å²) in [4.78, 5) is 0. The Balaban J connectivity index is 1.13. The highest BCUT2D eigenvalue weighted by atomic mass is 32.1. The fraction of sp³-hybridized carbons (Fsp3) is 0.0943. The Morgan fingerprint density at radius 2 is 1.25 bits per heavy atom. The lowest BCUT2D eigenvalue weighted by molar-refractivity contribution is 0.590. The third-order valence-corrected chi connectivity index (χ3v) is 14.0. The lowest BCUT2D eigenvalue weighted by atomic mass is 9.58. The smallest absolute Gasteiger partial charge is 0.198 e. The summed E-state index contributed by atoms with van der Waals surface area (Å²) in [5, 5.41) is 13.6. The van der Waals surface area contributed by atoms with Crippen LogP contribution in [-0.4, -0.2) is 11.8 Å². The van der Waals surface area contributed by atoms with Crippen molar-refractivity contribution in [3.05, 3.63) is 151 Å². The first-order valence-electron chi connectivity index (χ1n) is 20.4. The third kappa shape index (κ3) is 4.72. The number of benzene rings is 8. The minimum absolute atomic E-state index is 0.0774. The minimum atomic E-state index is 0.0774. The topological polar surface area (TPSA) is 43.2 Å². The SMILES string of the molecule is Cc1cc(-c2cc3c(cc2Nc2ccc(C(C)(C)C)cc2)sc2ccccc23)c2c3c1c1cc4c(cc1n3-c1cc3oc5ccccc5c3cc1B2)oc1ccccc14. The molecule has 0 bridgehead atoms. The van der Waals surface area contributed by atoms with Crippen molar-refractivity contribution in [2.45, 2.75) is 33.1 Å². The van der Waals surface area contributed by atoms with Gasteiger partial charge in [0.1, 0.15) is 22.3 Å². The number of hydrogen-bond acceptors (Lipinski definition) is 4. The Morgan fingerprint density at radius 1 is 0.576 bits per heavy atom. The van der Waals surface area contributed by atoms with Crippen LogP contribution in [0.4, 0.5) is 11.4 Å². The first kappa shape index (κ1) is 33.2. The van der Waals surface area contributed by atoms with E-state index in [2.05, 4.69) is 171 Å². The molecule has 12 aromatic rings. The predicted octanol–water partition coefficient (Wildman–Crippen LogP) is 13.7. The Kier molecular flexibility index (Phi) is 6.58. The van der Waals surface area contributed by atoms with E-state index in [4.69, 9.17) is 8.83 Å². The molecule has 5 heterocycles. The second kappa shape index (κ2) is 11.7. The Morgan fingerprint density at radius 3 is 2.00 bits per heavy atom. The van der Waals surface area contributed by atoms with Gasteiger partial charge in [-0.2, -0.15) is 0 Å². The van der Waals surface area contributed by atoms with Crippen LogP contribution in [0.5, 0.6) is 0 Å². The van der Waals surface area contributed by atoms with Crippen LogP contribution in [0.3, 0.4) is 0 Å². The summed E-state index contributed by atoms with van der Waals surface area (Å²) in [5.74, 6) is 0. The van der Waals surface area contributed by atoms with Gasteiger partial charge in [0.25, 0.3) is 0 Å². The molecule has 8 aromatic carbocycles. The molecule has 0 atom stereocenters. The van der Waals surface area contributed by atoms with Crippen LogP contribution in [0.25, 0.3) is 103 Å². The lowest BCUT2D eigenvalue weighted by Gasteiger charge is -2.25. The number of aryl methyl sites for hydroxylation is 1. The number of nitrogens with zero attached hydrogens (tertiary/aromatic N) is 1. The van der Waals surface area contributed by atoms with E-state index in [1.54, 1.807) is 0 Å². The number of furan rings is 2. The van der Waals surface area contributed by atoms with Gasteiger partial charge in [0.2, 0.25) is 0 Å². The molecule has 0 radical (unpaired) electrons. The zero-order valence-electron chi connectivity index (χ0n) is 33.2. The van der Waals surface area contributed by atoms with E-state index in [9.17, 15) is 0 Å². The Hall–Kier alpha value is -6.76. The highest BCUT2D eigenvalue weighted by Crippen LogP contribution is 2.45. The molecule has 0 amide bonds. The fourth-order valence-electron chi connectivity index (χ4n) is 10.0. The summed E-state index contributed by atoms with van der Waals surface area (Å²) in [6, 6.07) is 51.1. The number of hydrogen-bond donors (Lipinski definition) is 1. The largest absolute Gasteiger partial charge is 0.456 e. The van der Waals surface area contributed by atoms with Crippen molar-refractivity contribution in [3.63, 3.8) is 0 Å². The maximum atomic E-state index is 6.55. The molecule has 6 heteroatoms. The second-order valence-electron chi connectivity index (χ2n) is 17.4. The van der Waals surface area contributed by atoms with E-state index in [0.717, 1.165) is 73.7 Å². The van der Waals surface area contributed by atoms with Gasteiger partial charge in [0, 0.05) is 92.8 Å². The van der Waals surface area contributed by atoms with Crippen molar-refractivity contribution >= 4 is 127 Å². The second-order valence-corrected chi connectivity index (χ2v) is 18.5. The molecule has 13 rings (SSSR count). The number of nitrogens with one attached hydrogen (secondary N) is 1. The van der Waals surface area contributed by atoms with E-state index in [1.165, 1.54) is 69.6 Å². The van der Waals surface area contributed by atoms with E-state index < -0.39 is 0 Å². The monoisotopic (exact) mass is 776 g/mol. The van der Waals surface area contributed by atoms with Crippen LogP contribution < -0.4 is 16.2 Å². The molecule has 280 valence electrons. The van der Waals surface area contributed by atoms with Gasteiger partial charge in [0.15, 0.2) is 7.28 Å². The minimum Gasteiger partial charge on any atom is -0.456 e. The standard InChI is InChI=1S/C53H37BN2O2S/c1-28-21-38(34-22-37-33-13-7-10-16-48(33)59-49(37)25-41(34)55-30-19-17-29(18-20-30)53(2,3)4)51-52-50(28)39-23-35-31-11-5-8-14-44(31)57-46(35)26-42(39)56(52)43-27-47-36(24-40(43)54-51)32-12-6-9-15-45(32)58-47/h5-27,54-55H,1-4H3. The van der Waals surface area contributed by atoms with Gasteiger partial charge in [-0.1, -0.05) is 105 Å². The molecule has 0 unspecified atom stereocenters. The van der Waals surface area contributed by atoms with Gasteiger partial charge < -0.3 is 18.7 Å². The van der Waals surface area contributed by atoms with Crippen molar-refractivity contribution in [2.75, 3.05) is 5.32 Å². The van der Waals surface area contributed by atoms with Crippen LogP contribution in [0, 0.1) is 6.92 Å². The summed E-state index contributed by atoms with van der Waals surface area (Å²) in [6.45, 7) is 9.09. The summed E-state index contributed by atoms with van der Waals surface area (Å²) in [5.41, 5.74) is 17.1. The number of anilines is 2. The molecule has 0 saturated heterocycles. The van der Waals surface area contributed by atoms with E-state index >= 15 is 0 Å². The molecule has 1 aliphatic rings. The Bertz CT molecular complexity index is 3780. The summed E-state index contributed by atoms with van der Waals surface area (Å²) < 4.78 is 18.2. The van der Waals surface area contributed by atoms with E-state index in [-0.39, 0.29) is 5.41 Å². The van der Waals surface area contributed by atoms with Gasteiger partial charge in [0.05, 0.1) is 5.52 Å². The summed E-state index contributed by atoms with van der Waals surface area (Å²) >= 11 is 1.86. The maximum Gasteiger partial charge on any atom is 0.198 e. The van der Waals surface area contributed by atoms with E-state index in [1.807, 2.05) is 17.4 Å². The highest BCUT2D eigenvalue weighted by molar-refractivity contribution is 7.25. The number of rotatable bonds is 3. The Labute approximate surface area is 344 Å². The molecule has 0 aliphatic carbocycles. The summed E-state index contributed by atoms with van der Waals surface area (Å²) in [6.07, 6.45) is 0. The van der Waals surface area contributed by atoms with Crippen LogP contribution >= 0.6 is 11.3 Å². The third-order valence-electron chi connectivity index (χ3n) is 12.9. The summed E-state index contributed by atoms with van der Waals surface area (Å²) in [7, 11) is 0.786. The van der Waals surface area contributed by atoms with Crippen molar-refractivity contribution in [2.24, 2.45) is 0 Å². The van der Waals surface area contributed by atoms with Crippen LogP contribution in [0.1, 0.15) is 31.9 Å². The first-order valence-corrected chi connectivity index (χ1v) is 21.3. The predicted molar refractivity (Wildman–Crippen MR) is 253 cm³/mol. The molecular weight excluding hydrogens is 739 g/mol. The first-order chi connectivity index (χ1) is 28.7. The van der Waals surface area contributed by atoms with Crippen molar-refractivity contribution in [1.29, 1.82) is 0 Å². The van der Waals surface area contributed by atoms with Crippen molar-refractivity contribution in [3.8, 4) is 16.8 Å². The van der Waals surface area contributed by atoms with Gasteiger partial charge in [-0.25, -0.2) is 0 Å². The van der Waals surface area contributed by atoms with Gasteiger partial charge in [-0.15, -0.1) is 11.3 Å². The lowest BCUT2D eigenvalue weighted by Crippen LogP contribution is -2.37. The molecule has 0 spiro atoms. The molecule has 0 fully saturated rings. The fourth-order valence-corrected chi connectivity index (χ4v) is 11.1. The molecule has 4 nitrogen and oxygen atoms in total. The molecule has 1 N–H and O–H groups in total. The molecular formula is C53H37BN2O2S. The highest BCUT2D eigenvalue weighted by Gasteiger charge is 2.30. The van der Waals surface area contributed by atoms with Crippen LogP contribution in [-0.2, 0) is 5.41 Å². The molecule has 4 aromatic heterocycles. The molecule has 0 saturated carbocycles. The number of para-hydroxylation sites is 2. The quantitative estimate of drug-likeness (QED) is 0.182. The average Bonchev–Trinajstić information content (AvgIpc) is 3.99. The van der Waals surface area contributed by atoms with Crippen molar-refractivity contribution in [1.82, 2.24) is 4.57 Å². The van der Waals surface area contributed by atoms with Crippen LogP contribution in [0.15, 0.2) is 148 Å². The number of aromatic nitrogens is 1. The molecule has 59 heavy (non-hydrogen) atoms. The molecule has 1 aliphatic heterocycles. The zero-order chi connectivity index (χ0) is 39.3. The van der Waals surface area contributed by atoms with Crippen molar-refractivity contribution < 1.29 is 8.83 Å². The number of thiophene rings is 1. The van der Waals surface area contributed by atoms with Gasteiger partial charge in [-0.05, 0) is 83.0 Å². The maximum absolute atomic E-state index is 6.55. The van der Waals surface area contributed by atoms with Crippen LogP contribution in [0.2, 0.25) is 0 Å². The van der Waals surface area contributed by atoms with Gasteiger partial charge in [-0.3, -0.25) is 0 Å². The average molecular weight is 777 g/mol. The normalized spacial score (nSPS) is 12.9.